The van der Waals surface area contributed by atoms with Gasteiger partial charge in [-0.1, -0.05) is 6.92 Å². The molecule has 0 spiro atoms. The first kappa shape index (κ1) is 6.16. The van der Waals surface area contributed by atoms with E-state index in [1.54, 1.807) is 0 Å². The molecule has 0 aromatic rings. The van der Waals surface area contributed by atoms with Crippen molar-refractivity contribution < 1.29 is 0 Å². The molecule has 0 amide bonds. The van der Waals surface area contributed by atoms with Crippen LogP contribution in [0.15, 0.2) is 0 Å². The molecule has 0 heterocycles. The Morgan fingerprint density at radius 3 is 2.71 bits per heavy atom. The summed E-state index contributed by atoms with van der Waals surface area (Å²) in [4.78, 5) is 0. The molecule has 0 rings (SSSR count). The molecule has 7 heavy (non-hydrogen) atoms. The molecular weight excluding hydrogens is 88.1 g/mol. The van der Waals surface area contributed by atoms with E-state index >= 15 is 0 Å². The predicted octanol–water partition coefficient (Wildman–Crippen LogP) is 1.19. The first-order chi connectivity index (χ1) is 3.31. The fourth-order valence-corrected chi connectivity index (χ4v) is 0.203. The highest BCUT2D eigenvalue weighted by Crippen LogP contribution is 1.92. The monoisotopic (exact) mass is 96.1 g/mol. The summed E-state index contributed by atoms with van der Waals surface area (Å²) in [5.41, 5.74) is 0. The van der Waals surface area contributed by atoms with E-state index in [1.165, 1.54) is 6.21 Å². The van der Waals surface area contributed by atoms with E-state index < -0.39 is 0 Å². The van der Waals surface area contributed by atoms with Gasteiger partial charge >= 0.3 is 0 Å². The number of hydrogen-bond donors (Lipinski definition) is 1. The summed E-state index contributed by atoms with van der Waals surface area (Å²) >= 11 is 0. The summed E-state index contributed by atoms with van der Waals surface area (Å²) in [7, 11) is 0. The summed E-state index contributed by atoms with van der Waals surface area (Å²) in [6.45, 7) is 1.84. The number of rotatable bonds is 2. The van der Waals surface area contributed by atoms with E-state index in [4.69, 9.17) is 10.7 Å². The lowest BCUT2D eigenvalue weighted by atomic mass is 10.1. The molecule has 0 aliphatic heterocycles. The average molecular weight is 96.1 g/mol. The van der Waals surface area contributed by atoms with Crippen LogP contribution in [-0.4, -0.2) is 6.21 Å². The molecule has 0 bridgehead atoms. The Kier molecular flexibility index (Phi) is 2.95. The summed E-state index contributed by atoms with van der Waals surface area (Å²) in [5.74, 6) is 0.130. The second kappa shape index (κ2) is 3.35. The molecule has 0 saturated heterocycles. The average Bonchev–Trinajstić information content (AvgIpc) is 1.68. The highest BCUT2D eigenvalue weighted by atomic mass is 14.3. The van der Waals surface area contributed by atoms with Crippen molar-refractivity contribution in [1.29, 1.82) is 10.7 Å². The van der Waals surface area contributed by atoms with Crippen LogP contribution in [0, 0.1) is 22.7 Å². The SMILES string of the molecule is CC(C=N)CC#N. The Hall–Kier alpha value is -0.840. The van der Waals surface area contributed by atoms with Gasteiger partial charge in [0.05, 0.1) is 6.07 Å². The highest BCUT2D eigenvalue weighted by Gasteiger charge is 1.90. The number of nitriles is 1. The van der Waals surface area contributed by atoms with Crippen molar-refractivity contribution >= 4 is 6.21 Å². The van der Waals surface area contributed by atoms with Crippen LogP contribution in [0.3, 0.4) is 0 Å². The van der Waals surface area contributed by atoms with Crippen LogP contribution < -0.4 is 0 Å². The summed E-state index contributed by atoms with van der Waals surface area (Å²) < 4.78 is 0. The molecule has 2 nitrogen and oxygen atoms in total. The molecule has 1 atom stereocenters. The Morgan fingerprint density at radius 1 is 2.00 bits per heavy atom. The van der Waals surface area contributed by atoms with Gasteiger partial charge in [0.1, 0.15) is 0 Å². The third kappa shape index (κ3) is 2.98. The van der Waals surface area contributed by atoms with E-state index in [0.717, 1.165) is 0 Å². The first-order valence-corrected chi connectivity index (χ1v) is 2.18. The van der Waals surface area contributed by atoms with Gasteiger partial charge in [0, 0.05) is 12.3 Å². The topological polar surface area (TPSA) is 47.6 Å². The fraction of sp³-hybridized carbons (Fsp3) is 0.600. The second-order valence-electron chi connectivity index (χ2n) is 1.51. The van der Waals surface area contributed by atoms with Gasteiger partial charge in [0.15, 0.2) is 0 Å². The van der Waals surface area contributed by atoms with E-state index in [1.807, 2.05) is 13.0 Å². The van der Waals surface area contributed by atoms with Crippen molar-refractivity contribution in [2.24, 2.45) is 5.92 Å². The number of hydrogen-bond acceptors (Lipinski definition) is 2. The van der Waals surface area contributed by atoms with Crippen molar-refractivity contribution in [3.8, 4) is 6.07 Å². The molecule has 0 aromatic heterocycles. The zero-order valence-corrected chi connectivity index (χ0v) is 4.31. The van der Waals surface area contributed by atoms with Gasteiger partial charge in [-0.3, -0.25) is 0 Å². The lowest BCUT2D eigenvalue weighted by Gasteiger charge is -1.90. The summed E-state index contributed by atoms with van der Waals surface area (Å²) in [5, 5.41) is 14.7. The van der Waals surface area contributed by atoms with Gasteiger partial charge in [-0.05, 0) is 6.21 Å². The van der Waals surface area contributed by atoms with E-state index in [0.29, 0.717) is 6.42 Å². The van der Waals surface area contributed by atoms with Crippen LogP contribution in [-0.2, 0) is 0 Å². The molecule has 0 aromatic carbocycles. The minimum atomic E-state index is 0.130. The van der Waals surface area contributed by atoms with Gasteiger partial charge < -0.3 is 5.41 Å². The smallest absolute Gasteiger partial charge is 0.0628 e. The zero-order valence-electron chi connectivity index (χ0n) is 4.31. The lowest BCUT2D eigenvalue weighted by molar-refractivity contribution is 0.813. The predicted molar refractivity (Wildman–Crippen MR) is 28.2 cm³/mol. The molecule has 1 unspecified atom stereocenters. The van der Waals surface area contributed by atoms with Gasteiger partial charge in [-0.25, -0.2) is 0 Å². The Labute approximate surface area is 43.3 Å². The van der Waals surface area contributed by atoms with Gasteiger partial charge in [-0.2, -0.15) is 5.26 Å². The van der Waals surface area contributed by atoms with Gasteiger partial charge in [0.25, 0.3) is 0 Å². The van der Waals surface area contributed by atoms with Crippen molar-refractivity contribution in [2.45, 2.75) is 13.3 Å². The fourth-order valence-electron chi connectivity index (χ4n) is 0.203. The third-order valence-corrected chi connectivity index (χ3v) is 0.698. The van der Waals surface area contributed by atoms with Crippen molar-refractivity contribution in [3.63, 3.8) is 0 Å². The molecular formula is C5H8N2. The quantitative estimate of drug-likeness (QED) is 0.515. The molecule has 1 N–H and O–H groups in total. The van der Waals surface area contributed by atoms with E-state index in [2.05, 4.69) is 0 Å². The molecule has 38 valence electrons. The Balaban J connectivity index is 3.21. The number of nitrogens with one attached hydrogen (secondary N) is 1. The van der Waals surface area contributed by atoms with Crippen LogP contribution in [0.4, 0.5) is 0 Å². The molecule has 0 aliphatic rings. The zero-order chi connectivity index (χ0) is 5.70. The van der Waals surface area contributed by atoms with Gasteiger partial charge in [-0.15, -0.1) is 0 Å². The summed E-state index contributed by atoms with van der Waals surface area (Å²) in [6.07, 6.45) is 1.74. The maximum Gasteiger partial charge on any atom is 0.0628 e. The van der Waals surface area contributed by atoms with Gasteiger partial charge in [0.2, 0.25) is 0 Å². The standard InChI is InChI=1S/C5H8N2/c1-5(4-7)2-3-6/h4-5,7H,2H2,1H3. The van der Waals surface area contributed by atoms with E-state index in [9.17, 15) is 0 Å². The minimum absolute atomic E-state index is 0.130. The molecule has 0 fully saturated rings. The first-order valence-electron chi connectivity index (χ1n) is 2.18. The lowest BCUT2D eigenvalue weighted by Crippen LogP contribution is -1.90. The van der Waals surface area contributed by atoms with Crippen molar-refractivity contribution in [1.82, 2.24) is 0 Å². The largest absolute Gasteiger partial charge is 0.313 e. The van der Waals surface area contributed by atoms with Crippen LogP contribution in [0.5, 0.6) is 0 Å². The second-order valence-corrected chi connectivity index (χ2v) is 1.51. The van der Waals surface area contributed by atoms with Crippen LogP contribution in [0.1, 0.15) is 13.3 Å². The highest BCUT2D eigenvalue weighted by molar-refractivity contribution is 5.56. The maximum absolute atomic E-state index is 8.01. The van der Waals surface area contributed by atoms with Crippen molar-refractivity contribution in [2.75, 3.05) is 0 Å². The normalized spacial score (nSPS) is 12.0. The van der Waals surface area contributed by atoms with Crippen LogP contribution >= 0.6 is 0 Å². The van der Waals surface area contributed by atoms with Crippen molar-refractivity contribution in [3.05, 3.63) is 0 Å². The number of nitrogens with zero attached hydrogens (tertiary/aromatic N) is 1. The maximum atomic E-state index is 8.01. The minimum Gasteiger partial charge on any atom is -0.313 e. The third-order valence-electron chi connectivity index (χ3n) is 0.698. The summed E-state index contributed by atoms with van der Waals surface area (Å²) in [6, 6.07) is 1.97. The molecule has 0 saturated carbocycles. The molecule has 0 radical (unpaired) electrons. The Bertz CT molecular complexity index is 90.7. The molecule has 2 heteroatoms. The van der Waals surface area contributed by atoms with Crippen LogP contribution in [0.25, 0.3) is 0 Å². The van der Waals surface area contributed by atoms with E-state index in [-0.39, 0.29) is 5.92 Å². The van der Waals surface area contributed by atoms with Crippen LogP contribution in [0.2, 0.25) is 0 Å². The Morgan fingerprint density at radius 2 is 2.57 bits per heavy atom. The molecule has 0 aliphatic carbocycles.